The number of halogens is 4. The van der Waals surface area contributed by atoms with Crippen LogP contribution in [-0.2, 0) is 10.0 Å². The molecular weight excluding hydrogens is 380 g/mol. The van der Waals surface area contributed by atoms with Crippen LogP contribution in [0.15, 0.2) is 33.9 Å². The highest BCUT2D eigenvalue weighted by atomic mass is 79.9. The highest BCUT2D eigenvalue weighted by Crippen LogP contribution is 2.25. The Morgan fingerprint density at radius 2 is 1.75 bits per heavy atom. The zero-order valence-corrected chi connectivity index (χ0v) is 12.6. The highest BCUT2D eigenvalue weighted by Gasteiger charge is 2.18. The summed E-state index contributed by atoms with van der Waals surface area (Å²) in [5, 5.41) is -0.134. The van der Waals surface area contributed by atoms with Crippen molar-refractivity contribution in [2.24, 2.45) is 0 Å². The number of sulfonamides is 1. The van der Waals surface area contributed by atoms with Crippen molar-refractivity contribution in [1.29, 1.82) is 0 Å². The first-order chi connectivity index (χ1) is 9.29. The zero-order chi connectivity index (χ0) is 14.9. The molecule has 0 saturated heterocycles. The Balaban J connectivity index is 2.38. The SMILES string of the molecule is O=S(=O)(Nc1cc(F)c(Br)cc1F)c1cnc(Cl)nc1. The molecule has 5 nitrogen and oxygen atoms in total. The van der Waals surface area contributed by atoms with Crippen molar-refractivity contribution in [1.82, 2.24) is 9.97 Å². The molecule has 0 bridgehead atoms. The molecule has 2 rings (SSSR count). The molecule has 1 N–H and O–H groups in total. The van der Waals surface area contributed by atoms with E-state index in [2.05, 4.69) is 25.9 Å². The summed E-state index contributed by atoms with van der Waals surface area (Å²) in [4.78, 5) is 6.67. The molecule has 0 aliphatic heterocycles. The molecule has 0 saturated carbocycles. The Hall–Kier alpha value is -1.32. The van der Waals surface area contributed by atoms with Gasteiger partial charge in [0.2, 0.25) is 5.28 Å². The predicted molar refractivity (Wildman–Crippen MR) is 71.9 cm³/mol. The van der Waals surface area contributed by atoms with Crippen molar-refractivity contribution in [2.45, 2.75) is 4.90 Å². The van der Waals surface area contributed by atoms with E-state index in [9.17, 15) is 17.2 Å². The van der Waals surface area contributed by atoms with E-state index >= 15 is 0 Å². The molecule has 2 aromatic rings. The van der Waals surface area contributed by atoms with Crippen LogP contribution >= 0.6 is 27.5 Å². The molecule has 0 fully saturated rings. The molecular formula is C10H5BrClF2N3O2S. The number of anilines is 1. The molecule has 1 aromatic heterocycles. The van der Waals surface area contributed by atoms with Gasteiger partial charge in [0.05, 0.1) is 22.6 Å². The lowest BCUT2D eigenvalue weighted by atomic mass is 10.3. The summed E-state index contributed by atoms with van der Waals surface area (Å²) in [5.41, 5.74) is -0.527. The van der Waals surface area contributed by atoms with E-state index in [1.807, 2.05) is 4.72 Å². The Bertz CT molecular complexity index is 756. The van der Waals surface area contributed by atoms with Gasteiger partial charge in [0, 0.05) is 6.07 Å². The van der Waals surface area contributed by atoms with Gasteiger partial charge in [-0.15, -0.1) is 0 Å². The average molecular weight is 385 g/mol. The number of nitrogens with one attached hydrogen (secondary N) is 1. The van der Waals surface area contributed by atoms with E-state index in [-0.39, 0.29) is 14.7 Å². The molecule has 0 radical (unpaired) electrons. The van der Waals surface area contributed by atoms with Gasteiger partial charge in [-0.1, -0.05) is 0 Å². The van der Waals surface area contributed by atoms with Crippen LogP contribution in [0, 0.1) is 11.6 Å². The Labute approximate surface area is 126 Å². The number of benzene rings is 1. The molecule has 20 heavy (non-hydrogen) atoms. The molecule has 10 heteroatoms. The van der Waals surface area contributed by atoms with Crippen molar-refractivity contribution in [3.05, 3.63) is 45.9 Å². The molecule has 0 spiro atoms. The molecule has 106 valence electrons. The summed E-state index contributed by atoms with van der Waals surface area (Å²) < 4.78 is 52.5. The van der Waals surface area contributed by atoms with E-state index in [0.29, 0.717) is 6.07 Å². The molecule has 0 unspecified atom stereocenters. The van der Waals surface area contributed by atoms with Crippen molar-refractivity contribution >= 4 is 43.2 Å². The van der Waals surface area contributed by atoms with Gasteiger partial charge in [0.15, 0.2) is 0 Å². The Morgan fingerprint density at radius 1 is 1.15 bits per heavy atom. The fraction of sp³-hybridized carbons (Fsp3) is 0. The van der Waals surface area contributed by atoms with Crippen LogP contribution < -0.4 is 4.72 Å². The van der Waals surface area contributed by atoms with Gasteiger partial charge in [0.1, 0.15) is 16.5 Å². The summed E-state index contributed by atoms with van der Waals surface area (Å²) in [7, 11) is -4.14. The molecule has 0 atom stereocenters. The smallest absolute Gasteiger partial charge is 0.265 e. The Kier molecular flexibility index (Phi) is 4.21. The fourth-order valence-electron chi connectivity index (χ4n) is 1.24. The monoisotopic (exact) mass is 383 g/mol. The third-order valence-corrected chi connectivity index (χ3v) is 4.28. The summed E-state index contributed by atoms with van der Waals surface area (Å²) in [6.45, 7) is 0. The van der Waals surface area contributed by atoms with Crippen LogP contribution in [-0.4, -0.2) is 18.4 Å². The van der Waals surface area contributed by atoms with Crippen LogP contribution in [0.1, 0.15) is 0 Å². The predicted octanol–water partition coefficient (Wildman–Crippen LogP) is 2.97. The van der Waals surface area contributed by atoms with Gasteiger partial charge in [-0.05, 0) is 33.6 Å². The number of aromatic nitrogens is 2. The van der Waals surface area contributed by atoms with Crippen molar-refractivity contribution in [2.75, 3.05) is 4.72 Å². The largest absolute Gasteiger partial charge is 0.276 e. The number of rotatable bonds is 3. The maximum Gasteiger partial charge on any atom is 0.265 e. The third-order valence-electron chi connectivity index (χ3n) is 2.16. The minimum absolute atomic E-state index is 0.118. The van der Waals surface area contributed by atoms with E-state index in [1.165, 1.54) is 0 Å². The Morgan fingerprint density at radius 3 is 2.35 bits per heavy atom. The number of nitrogens with zero attached hydrogens (tertiary/aromatic N) is 2. The topological polar surface area (TPSA) is 72.0 Å². The second-order valence-electron chi connectivity index (χ2n) is 3.54. The van der Waals surface area contributed by atoms with Crippen molar-refractivity contribution < 1.29 is 17.2 Å². The molecule has 0 aliphatic carbocycles. The molecule has 1 heterocycles. The number of hydrogen-bond donors (Lipinski definition) is 1. The maximum atomic E-state index is 13.6. The van der Waals surface area contributed by atoms with E-state index < -0.39 is 27.3 Å². The van der Waals surface area contributed by atoms with E-state index in [1.54, 1.807) is 0 Å². The summed E-state index contributed by atoms with van der Waals surface area (Å²) in [5.74, 6) is -1.74. The lowest BCUT2D eigenvalue weighted by molar-refractivity contribution is 0.591. The minimum atomic E-state index is -4.14. The van der Waals surface area contributed by atoms with Crippen LogP contribution in [0.2, 0.25) is 5.28 Å². The quantitative estimate of drug-likeness (QED) is 0.652. The van der Waals surface area contributed by atoms with Gasteiger partial charge in [-0.3, -0.25) is 4.72 Å². The van der Waals surface area contributed by atoms with Crippen LogP contribution in [0.5, 0.6) is 0 Å². The van der Waals surface area contributed by atoms with Crippen LogP contribution in [0.25, 0.3) is 0 Å². The lowest BCUT2D eigenvalue weighted by Crippen LogP contribution is -2.15. The molecule has 0 aliphatic rings. The van der Waals surface area contributed by atoms with Crippen molar-refractivity contribution in [3.63, 3.8) is 0 Å². The highest BCUT2D eigenvalue weighted by molar-refractivity contribution is 9.10. The van der Waals surface area contributed by atoms with E-state index in [4.69, 9.17) is 11.6 Å². The number of hydrogen-bond acceptors (Lipinski definition) is 4. The first-order valence-electron chi connectivity index (χ1n) is 4.94. The third kappa shape index (κ3) is 3.22. The molecule has 0 amide bonds. The first kappa shape index (κ1) is 15.1. The van der Waals surface area contributed by atoms with Crippen LogP contribution in [0.4, 0.5) is 14.5 Å². The molecule has 1 aromatic carbocycles. The second kappa shape index (κ2) is 5.58. The second-order valence-corrected chi connectivity index (χ2v) is 6.41. The van der Waals surface area contributed by atoms with Crippen LogP contribution in [0.3, 0.4) is 0 Å². The van der Waals surface area contributed by atoms with Gasteiger partial charge in [0.25, 0.3) is 10.0 Å². The normalized spacial score (nSPS) is 11.4. The average Bonchev–Trinajstić information content (AvgIpc) is 2.36. The zero-order valence-electron chi connectivity index (χ0n) is 9.44. The summed E-state index contributed by atoms with van der Waals surface area (Å²) >= 11 is 8.22. The fourth-order valence-corrected chi connectivity index (χ4v) is 2.60. The lowest BCUT2D eigenvalue weighted by Gasteiger charge is -2.09. The van der Waals surface area contributed by atoms with E-state index in [0.717, 1.165) is 18.5 Å². The van der Waals surface area contributed by atoms with Gasteiger partial charge in [-0.25, -0.2) is 27.2 Å². The van der Waals surface area contributed by atoms with Crippen molar-refractivity contribution in [3.8, 4) is 0 Å². The first-order valence-corrected chi connectivity index (χ1v) is 7.60. The summed E-state index contributed by atoms with van der Waals surface area (Å²) in [6.07, 6.45) is 1.90. The van der Waals surface area contributed by atoms with Gasteiger partial charge in [-0.2, -0.15) is 0 Å². The summed E-state index contributed by atoms with van der Waals surface area (Å²) in [6, 6.07) is 1.53. The standard InChI is InChI=1S/C10H5BrClF2N3O2S/c11-6-1-8(14)9(2-7(6)13)17-20(18,19)5-3-15-10(12)16-4-5/h1-4,17H. The maximum absolute atomic E-state index is 13.6. The van der Waals surface area contributed by atoms with Gasteiger partial charge < -0.3 is 0 Å². The van der Waals surface area contributed by atoms with Gasteiger partial charge >= 0.3 is 0 Å². The minimum Gasteiger partial charge on any atom is -0.276 e.